The summed E-state index contributed by atoms with van der Waals surface area (Å²) in [7, 11) is 0. The van der Waals surface area contributed by atoms with Crippen LogP contribution in [0.1, 0.15) is 0 Å². The Bertz CT molecular complexity index is 12.9. The molecule has 0 aliphatic carbocycles. The molecule has 0 fully saturated rings. The Balaban J connectivity index is 0. The van der Waals surface area contributed by atoms with E-state index in [4.69, 9.17) is 0 Å². The van der Waals surface area contributed by atoms with Crippen molar-refractivity contribution in [2.75, 3.05) is 0 Å². The molecule has 4 radical (unpaired) electrons. The Morgan fingerprint density at radius 1 is 0.385 bits per heavy atom. The number of thiol groups is 4. The summed E-state index contributed by atoms with van der Waals surface area (Å²) in [5.74, 6) is 0. The zero-order valence-electron chi connectivity index (χ0n) is 5.13. The minimum absolute atomic E-state index is 0. The van der Waals surface area contributed by atoms with Gasteiger partial charge < -0.3 is 94.5 Å². The van der Waals surface area contributed by atoms with Crippen molar-refractivity contribution in [1.82, 2.24) is 0 Å². The largest absolute Gasteiger partial charge is 3.00 e. The van der Waals surface area contributed by atoms with Gasteiger partial charge in [-0.2, -0.15) is 0 Å². The van der Waals surface area contributed by atoms with Crippen molar-refractivity contribution >= 4 is 94.5 Å². The van der Waals surface area contributed by atoms with Crippen LogP contribution >= 0.6 is 0 Å². The SMILES string of the molecule is [Fe+2].[Fe+3].[Fe].[Fe].[Fe].[Fe].[S-].[S-].[S-].[SH-].[SH-].[SH-].[SH-]. The molecule has 0 aromatic rings. The second-order valence-electron chi connectivity index (χ2n) is 0. The average molecular weight is 564 g/mol. The van der Waals surface area contributed by atoms with E-state index in [1.807, 2.05) is 0 Å². The van der Waals surface area contributed by atoms with Gasteiger partial charge in [0.2, 0.25) is 0 Å². The van der Waals surface area contributed by atoms with Gasteiger partial charge in [0.1, 0.15) is 0 Å². The molecule has 0 atom stereocenters. The van der Waals surface area contributed by atoms with Gasteiger partial charge in [-0.05, 0) is 0 Å². The van der Waals surface area contributed by atoms with E-state index in [0.717, 1.165) is 0 Å². The fourth-order valence-electron chi connectivity index (χ4n) is 0. The minimum atomic E-state index is 0. The molecule has 0 aliphatic rings. The van der Waals surface area contributed by atoms with E-state index < -0.39 is 0 Å². The summed E-state index contributed by atoms with van der Waals surface area (Å²) in [4.78, 5) is 0. The summed E-state index contributed by atoms with van der Waals surface area (Å²) in [5, 5.41) is 0. The Labute approximate surface area is 193 Å². The van der Waals surface area contributed by atoms with Crippen LogP contribution < -0.4 is 0 Å². The summed E-state index contributed by atoms with van der Waals surface area (Å²) in [5.41, 5.74) is 0. The third kappa shape index (κ3) is 137. The molecule has 0 saturated heterocycles. The van der Waals surface area contributed by atoms with Gasteiger partial charge in [-0.15, -0.1) is 0 Å². The Hall–Kier alpha value is 5.57. The predicted octanol–water partition coefficient (Wildman–Crippen LogP) is -1.10. The maximum absolute atomic E-state index is 0. The number of rotatable bonds is 0. The van der Waals surface area contributed by atoms with E-state index in [2.05, 4.69) is 0 Å². The maximum Gasteiger partial charge on any atom is 3.00 e. The molecule has 0 nitrogen and oxygen atoms in total. The second kappa shape index (κ2) is 156. The van der Waals surface area contributed by atoms with E-state index >= 15 is 0 Å². The summed E-state index contributed by atoms with van der Waals surface area (Å²) < 4.78 is 0. The molecule has 96 valence electrons. The molecule has 0 bridgehead atoms. The first kappa shape index (κ1) is 185. The molecule has 0 N–H and O–H groups in total. The first-order valence-corrected chi connectivity index (χ1v) is 0. The second-order valence-corrected chi connectivity index (χ2v) is 0. The van der Waals surface area contributed by atoms with Crippen LogP contribution in [0.2, 0.25) is 0 Å². The third-order valence-corrected chi connectivity index (χ3v) is 0. The molecule has 0 aliphatic heterocycles. The van der Waals surface area contributed by atoms with E-state index in [1.54, 1.807) is 0 Å². The first-order chi connectivity index (χ1) is 0. The van der Waals surface area contributed by atoms with Gasteiger partial charge in [0.25, 0.3) is 0 Å². The fraction of sp³-hybridized carbons (Fsp3) is 0. The zero-order chi connectivity index (χ0) is 0. The van der Waals surface area contributed by atoms with Crippen molar-refractivity contribution in [1.29, 1.82) is 0 Å². The molecule has 0 spiro atoms. The van der Waals surface area contributed by atoms with E-state index in [1.165, 1.54) is 0 Å². The van der Waals surface area contributed by atoms with Crippen molar-refractivity contribution in [3.8, 4) is 0 Å². The van der Waals surface area contributed by atoms with Crippen LogP contribution in [0.4, 0.5) is 0 Å². The van der Waals surface area contributed by atoms with E-state index in [9.17, 15) is 0 Å². The molecule has 0 saturated carbocycles. The number of hydrogen-bond acceptors (Lipinski definition) is 7. The topological polar surface area (TPSA) is 0 Å². The molecule has 13 heteroatoms. The third-order valence-electron chi connectivity index (χ3n) is 0. The minimum Gasteiger partial charge on any atom is -1.00 e. The normalized spacial score (nSPS) is 0. The van der Waals surface area contributed by atoms with Gasteiger partial charge in [0, 0.05) is 68.3 Å². The van der Waals surface area contributed by atoms with Crippen LogP contribution in [0.25, 0.3) is 0 Å². The average Bonchev–Trinajstić information content (AvgIpc) is 0. The molecular formula is H4Fe6S7-2. The summed E-state index contributed by atoms with van der Waals surface area (Å²) in [6.07, 6.45) is 0. The van der Waals surface area contributed by atoms with Gasteiger partial charge in [-0.1, -0.05) is 0 Å². The van der Waals surface area contributed by atoms with Crippen molar-refractivity contribution in [3.05, 3.63) is 0 Å². The fourth-order valence-corrected chi connectivity index (χ4v) is 0. The molecule has 0 aromatic carbocycles. The van der Waals surface area contributed by atoms with E-state index in [-0.39, 0.29) is 197 Å². The summed E-state index contributed by atoms with van der Waals surface area (Å²) >= 11 is 0. The van der Waals surface area contributed by atoms with Crippen molar-refractivity contribution < 1.29 is 102 Å². The Kier molecular flexibility index (Phi) is 2210. The molecule has 0 rings (SSSR count). The monoisotopic (exact) mass is 563 g/mol. The van der Waals surface area contributed by atoms with Crippen LogP contribution in [0.3, 0.4) is 0 Å². The van der Waals surface area contributed by atoms with Crippen molar-refractivity contribution in [2.24, 2.45) is 0 Å². The molecule has 0 heterocycles. The summed E-state index contributed by atoms with van der Waals surface area (Å²) in [6, 6.07) is 0. The summed E-state index contributed by atoms with van der Waals surface area (Å²) in [6.45, 7) is 0. The molecule has 0 aromatic heterocycles. The van der Waals surface area contributed by atoms with Gasteiger partial charge in [0.05, 0.1) is 0 Å². The molecule has 0 unspecified atom stereocenters. The quantitative estimate of drug-likeness (QED) is 0.209. The van der Waals surface area contributed by atoms with Gasteiger partial charge >= 0.3 is 34.1 Å². The predicted molar refractivity (Wildman–Crippen MR) is 57.1 cm³/mol. The first-order valence-electron chi connectivity index (χ1n) is 0. The number of hydrogen-bond donors (Lipinski definition) is 0. The van der Waals surface area contributed by atoms with Crippen LogP contribution in [-0.4, -0.2) is 0 Å². The Morgan fingerprint density at radius 3 is 0.385 bits per heavy atom. The zero-order valence-corrected chi connectivity index (χ0v) is 17.8. The van der Waals surface area contributed by atoms with Crippen molar-refractivity contribution in [3.63, 3.8) is 0 Å². The van der Waals surface area contributed by atoms with Crippen LogP contribution in [0.5, 0.6) is 0 Å². The maximum atomic E-state index is 0. The smallest absolute Gasteiger partial charge is 1.00 e. The van der Waals surface area contributed by atoms with Gasteiger partial charge in [0.15, 0.2) is 0 Å². The van der Waals surface area contributed by atoms with Crippen molar-refractivity contribution in [2.45, 2.75) is 0 Å². The molecular weight excluding hydrogens is 560 g/mol. The molecule has 13 heavy (non-hydrogen) atoms. The van der Waals surface area contributed by atoms with Gasteiger partial charge in [-0.3, -0.25) is 0 Å². The molecule has 0 amide bonds. The van der Waals surface area contributed by atoms with E-state index in [0.29, 0.717) is 0 Å². The van der Waals surface area contributed by atoms with Crippen LogP contribution in [-0.2, 0) is 197 Å². The van der Waals surface area contributed by atoms with Crippen LogP contribution in [0.15, 0.2) is 0 Å². The Morgan fingerprint density at radius 2 is 0.385 bits per heavy atom. The van der Waals surface area contributed by atoms with Gasteiger partial charge in [-0.25, -0.2) is 0 Å². The van der Waals surface area contributed by atoms with Crippen LogP contribution in [0, 0.1) is 0 Å². The standard InChI is InChI=1S/6Fe.4H2S.3S/h;;;;;;4*1H2;;;/q;;;;+2;+3;;;;;3*-1/p-4.